The summed E-state index contributed by atoms with van der Waals surface area (Å²) in [6.45, 7) is 1.83. The summed E-state index contributed by atoms with van der Waals surface area (Å²) in [6, 6.07) is 10.6. The van der Waals surface area contributed by atoms with Crippen molar-refractivity contribution in [2.24, 2.45) is 10.2 Å². The third-order valence-corrected chi connectivity index (χ3v) is 3.17. The molecule has 1 heterocycles. The van der Waals surface area contributed by atoms with Gasteiger partial charge in [0.15, 0.2) is 0 Å². The maximum atomic E-state index is 11.4. The maximum Gasteiger partial charge on any atom is 0.336 e. The fraction of sp³-hybridized carbons (Fsp3) is 0.0625. The molecule has 0 aliphatic carbocycles. The molecule has 1 aromatic heterocycles. The van der Waals surface area contributed by atoms with Crippen molar-refractivity contribution in [3.8, 4) is 11.5 Å². The predicted molar refractivity (Wildman–Crippen MR) is 81.2 cm³/mol. The predicted octanol–water partition coefficient (Wildman–Crippen LogP) is 3.93. The van der Waals surface area contributed by atoms with E-state index in [9.17, 15) is 15.0 Å². The highest BCUT2D eigenvalue weighted by Gasteiger charge is 2.04. The molecule has 22 heavy (non-hydrogen) atoms. The molecule has 0 spiro atoms. The third-order valence-electron chi connectivity index (χ3n) is 3.17. The van der Waals surface area contributed by atoms with Crippen molar-refractivity contribution in [2.75, 3.05) is 0 Å². The van der Waals surface area contributed by atoms with Crippen molar-refractivity contribution >= 4 is 22.3 Å². The number of nitrogens with zero attached hydrogens (tertiary/aromatic N) is 2. The third kappa shape index (κ3) is 2.67. The van der Waals surface area contributed by atoms with Crippen LogP contribution in [0.25, 0.3) is 11.0 Å². The minimum absolute atomic E-state index is 0.0561. The summed E-state index contributed by atoms with van der Waals surface area (Å²) in [5.74, 6) is -0.230. The average molecular weight is 296 g/mol. The van der Waals surface area contributed by atoms with Crippen LogP contribution in [0.4, 0.5) is 11.4 Å². The van der Waals surface area contributed by atoms with E-state index < -0.39 is 5.63 Å². The molecule has 3 aromatic rings. The number of fused-ring (bicyclic) bond motifs is 1. The number of aryl methyl sites for hydroxylation is 1. The topological polar surface area (TPSA) is 95.4 Å². The average Bonchev–Trinajstić information content (AvgIpc) is 2.45. The first-order valence-corrected chi connectivity index (χ1v) is 6.51. The highest BCUT2D eigenvalue weighted by Crippen LogP contribution is 2.31. The Morgan fingerprint density at radius 1 is 1.00 bits per heavy atom. The summed E-state index contributed by atoms with van der Waals surface area (Å²) in [4.78, 5) is 11.4. The van der Waals surface area contributed by atoms with Gasteiger partial charge in [0.05, 0.1) is 5.69 Å². The van der Waals surface area contributed by atoms with Gasteiger partial charge < -0.3 is 14.6 Å². The van der Waals surface area contributed by atoms with Crippen molar-refractivity contribution < 1.29 is 14.6 Å². The van der Waals surface area contributed by atoms with E-state index in [4.69, 9.17) is 4.42 Å². The van der Waals surface area contributed by atoms with E-state index in [1.807, 2.05) is 6.92 Å². The lowest BCUT2D eigenvalue weighted by atomic mass is 10.1. The molecule has 3 rings (SSSR count). The maximum absolute atomic E-state index is 11.4. The Balaban J connectivity index is 2.00. The Hall–Kier alpha value is -3.15. The van der Waals surface area contributed by atoms with Gasteiger partial charge in [-0.25, -0.2) is 4.79 Å². The number of rotatable bonds is 2. The lowest BCUT2D eigenvalue weighted by molar-refractivity contribution is 0.451. The zero-order chi connectivity index (χ0) is 15.7. The second-order valence-corrected chi connectivity index (χ2v) is 4.80. The van der Waals surface area contributed by atoms with Crippen LogP contribution in [0.1, 0.15) is 5.56 Å². The summed E-state index contributed by atoms with van der Waals surface area (Å²) in [5, 5.41) is 27.6. The molecular formula is C16H12N2O4. The Morgan fingerprint density at radius 2 is 1.82 bits per heavy atom. The van der Waals surface area contributed by atoms with E-state index in [2.05, 4.69) is 10.2 Å². The summed E-state index contributed by atoms with van der Waals surface area (Å²) >= 11 is 0. The van der Waals surface area contributed by atoms with Crippen molar-refractivity contribution in [2.45, 2.75) is 6.92 Å². The number of benzene rings is 2. The first kappa shape index (κ1) is 13.8. The van der Waals surface area contributed by atoms with Crippen LogP contribution < -0.4 is 5.63 Å². The van der Waals surface area contributed by atoms with E-state index in [1.165, 1.54) is 24.3 Å². The van der Waals surface area contributed by atoms with Gasteiger partial charge in [-0.05, 0) is 36.8 Å². The molecule has 0 aliphatic rings. The van der Waals surface area contributed by atoms with E-state index >= 15 is 0 Å². The molecule has 0 fully saturated rings. The number of hydrogen-bond donors (Lipinski definition) is 2. The molecule has 0 unspecified atom stereocenters. The largest absolute Gasteiger partial charge is 0.508 e. The van der Waals surface area contributed by atoms with Crippen LogP contribution >= 0.6 is 0 Å². The van der Waals surface area contributed by atoms with Gasteiger partial charge in [-0.2, -0.15) is 5.11 Å². The highest BCUT2D eigenvalue weighted by molar-refractivity contribution is 5.82. The Bertz CT molecular complexity index is 945. The molecule has 0 aliphatic heterocycles. The first-order valence-electron chi connectivity index (χ1n) is 6.51. The van der Waals surface area contributed by atoms with Gasteiger partial charge in [-0.15, -0.1) is 5.11 Å². The second kappa shape index (κ2) is 5.33. The van der Waals surface area contributed by atoms with Crippen LogP contribution in [0.2, 0.25) is 0 Å². The molecule has 2 N–H and O–H groups in total. The SMILES string of the molecule is Cc1cc(=O)oc2cc(N=Nc3ccc(O)cc3O)ccc12. The number of aromatic hydroxyl groups is 2. The quantitative estimate of drug-likeness (QED) is 0.553. The minimum atomic E-state index is -0.421. The van der Waals surface area contributed by atoms with Gasteiger partial charge in [0.2, 0.25) is 0 Å². The molecule has 110 valence electrons. The van der Waals surface area contributed by atoms with Crippen LogP contribution in [0.3, 0.4) is 0 Å². The molecule has 0 bridgehead atoms. The molecule has 0 saturated carbocycles. The summed E-state index contributed by atoms with van der Waals surface area (Å²) in [6.07, 6.45) is 0. The molecule has 6 heteroatoms. The first-order chi connectivity index (χ1) is 10.5. The number of hydrogen-bond acceptors (Lipinski definition) is 6. The van der Waals surface area contributed by atoms with Crippen LogP contribution in [0.5, 0.6) is 11.5 Å². The van der Waals surface area contributed by atoms with Gasteiger partial charge in [-0.1, -0.05) is 0 Å². The number of phenolic OH excluding ortho intramolecular Hbond substituents is 2. The van der Waals surface area contributed by atoms with E-state index in [0.717, 1.165) is 10.9 Å². The normalized spacial score (nSPS) is 11.3. The summed E-state index contributed by atoms with van der Waals surface area (Å²) < 4.78 is 5.13. The molecule has 2 aromatic carbocycles. The van der Waals surface area contributed by atoms with Crippen LogP contribution in [-0.4, -0.2) is 10.2 Å². The summed E-state index contributed by atoms with van der Waals surface area (Å²) in [5.41, 5.74) is 1.54. The lowest BCUT2D eigenvalue weighted by Gasteiger charge is -2.01. The van der Waals surface area contributed by atoms with Gasteiger partial charge >= 0.3 is 5.63 Å². The molecule has 0 amide bonds. The molecule has 6 nitrogen and oxygen atoms in total. The van der Waals surface area contributed by atoms with Crippen molar-refractivity contribution in [3.05, 3.63) is 58.4 Å². The van der Waals surface area contributed by atoms with Crippen LogP contribution in [0, 0.1) is 6.92 Å². The molecule has 0 radical (unpaired) electrons. The Kier molecular flexibility index (Phi) is 3.34. The van der Waals surface area contributed by atoms with Crippen molar-refractivity contribution in [1.29, 1.82) is 0 Å². The summed E-state index contributed by atoms with van der Waals surface area (Å²) in [7, 11) is 0. The standard InChI is InChI=1S/C16H12N2O4/c1-9-6-16(21)22-15-7-10(2-4-12(9)15)17-18-13-5-3-11(19)8-14(13)20/h2-8,19-20H,1H3. The van der Waals surface area contributed by atoms with Gasteiger partial charge in [0, 0.05) is 23.6 Å². The van der Waals surface area contributed by atoms with Gasteiger partial charge in [0.25, 0.3) is 0 Å². The zero-order valence-electron chi connectivity index (χ0n) is 11.6. The van der Waals surface area contributed by atoms with E-state index in [1.54, 1.807) is 18.2 Å². The molecular weight excluding hydrogens is 284 g/mol. The minimum Gasteiger partial charge on any atom is -0.508 e. The zero-order valence-corrected chi connectivity index (χ0v) is 11.6. The van der Waals surface area contributed by atoms with Gasteiger partial charge in [0.1, 0.15) is 22.8 Å². The Morgan fingerprint density at radius 3 is 2.59 bits per heavy atom. The molecule has 0 atom stereocenters. The van der Waals surface area contributed by atoms with Crippen LogP contribution in [0.15, 0.2) is 61.9 Å². The van der Waals surface area contributed by atoms with E-state index in [0.29, 0.717) is 11.3 Å². The smallest absolute Gasteiger partial charge is 0.336 e. The number of phenols is 2. The molecule has 0 saturated heterocycles. The number of azo groups is 1. The highest BCUT2D eigenvalue weighted by atomic mass is 16.4. The second-order valence-electron chi connectivity index (χ2n) is 4.80. The lowest BCUT2D eigenvalue weighted by Crippen LogP contribution is -1.97. The van der Waals surface area contributed by atoms with E-state index in [-0.39, 0.29) is 17.2 Å². The Labute approximate surface area is 125 Å². The van der Waals surface area contributed by atoms with Crippen molar-refractivity contribution in [1.82, 2.24) is 0 Å². The fourth-order valence-corrected chi connectivity index (χ4v) is 2.08. The fourth-order valence-electron chi connectivity index (χ4n) is 2.08. The van der Waals surface area contributed by atoms with Gasteiger partial charge in [-0.3, -0.25) is 0 Å². The van der Waals surface area contributed by atoms with Crippen molar-refractivity contribution in [3.63, 3.8) is 0 Å². The van der Waals surface area contributed by atoms with Crippen LogP contribution in [-0.2, 0) is 0 Å². The monoisotopic (exact) mass is 296 g/mol.